The van der Waals surface area contributed by atoms with Gasteiger partial charge in [-0.3, -0.25) is 9.59 Å². The van der Waals surface area contributed by atoms with Crippen LogP contribution in [0.4, 0.5) is 0 Å². The molecule has 2 unspecified atom stereocenters. The van der Waals surface area contributed by atoms with E-state index < -0.39 is 24.3 Å². The minimum atomic E-state index is -1.63. The Labute approximate surface area is 297 Å². The summed E-state index contributed by atoms with van der Waals surface area (Å²) in [5, 5.41) is 11.6. The molecule has 0 aromatic heterocycles. The number of likely N-dealkylation sites (N-methyl/N-ethyl adjacent to an activating group) is 1. The number of allylic oxidation sites excluding steroid dienone is 10. The molecule has 0 aromatic rings. The molecule has 0 bridgehead atoms. The molecule has 0 amide bonds. The molecule has 0 N–H and O–H groups in total. The van der Waals surface area contributed by atoms with Crippen molar-refractivity contribution >= 4 is 17.9 Å². The number of aliphatic carboxylic acids is 1. The van der Waals surface area contributed by atoms with Crippen LogP contribution in [0.5, 0.6) is 0 Å². The van der Waals surface area contributed by atoms with Crippen LogP contribution in [-0.4, -0.2) is 82.3 Å². The number of ether oxygens (including phenoxy) is 4. The van der Waals surface area contributed by atoms with Gasteiger partial charge in [0.1, 0.15) is 13.2 Å². The van der Waals surface area contributed by atoms with Crippen LogP contribution in [0.15, 0.2) is 60.8 Å². The van der Waals surface area contributed by atoms with Gasteiger partial charge in [-0.1, -0.05) is 107 Å². The van der Waals surface area contributed by atoms with Gasteiger partial charge in [-0.05, 0) is 57.8 Å². The molecule has 9 nitrogen and oxygen atoms in total. The number of esters is 2. The molecule has 49 heavy (non-hydrogen) atoms. The summed E-state index contributed by atoms with van der Waals surface area (Å²) >= 11 is 0. The highest BCUT2D eigenvalue weighted by Gasteiger charge is 2.21. The highest BCUT2D eigenvalue weighted by atomic mass is 16.7. The van der Waals surface area contributed by atoms with E-state index in [9.17, 15) is 19.5 Å². The molecule has 0 aliphatic carbocycles. The molecule has 0 fully saturated rings. The lowest BCUT2D eigenvalue weighted by atomic mass is 10.1. The fourth-order valence-electron chi connectivity index (χ4n) is 4.38. The summed E-state index contributed by atoms with van der Waals surface area (Å²) in [6.07, 6.45) is 33.0. The Morgan fingerprint density at radius 2 is 1.16 bits per heavy atom. The molecule has 0 aliphatic rings. The Morgan fingerprint density at radius 3 is 1.71 bits per heavy atom. The predicted molar refractivity (Wildman–Crippen MR) is 195 cm³/mol. The number of unbranched alkanes of at least 4 members (excludes halogenated alkanes) is 7. The molecule has 0 saturated carbocycles. The topological polar surface area (TPSA) is 111 Å². The van der Waals surface area contributed by atoms with Crippen molar-refractivity contribution in [2.24, 2.45) is 0 Å². The van der Waals surface area contributed by atoms with Gasteiger partial charge in [0.2, 0.25) is 0 Å². The number of nitrogens with zero attached hydrogens (tertiary/aromatic N) is 1. The summed E-state index contributed by atoms with van der Waals surface area (Å²) in [5.74, 6) is -2.36. The van der Waals surface area contributed by atoms with Gasteiger partial charge >= 0.3 is 11.9 Å². The average molecular weight is 690 g/mol. The van der Waals surface area contributed by atoms with Gasteiger partial charge in [0.25, 0.3) is 0 Å². The number of hydrogen-bond acceptors (Lipinski definition) is 8. The Balaban J connectivity index is 4.50. The van der Waals surface area contributed by atoms with E-state index in [1.54, 1.807) is 0 Å². The van der Waals surface area contributed by atoms with Crippen LogP contribution in [0, 0.1) is 0 Å². The Kier molecular flexibility index (Phi) is 30.2. The predicted octanol–water partition coefficient (Wildman–Crippen LogP) is 7.32. The second-order valence-electron chi connectivity index (χ2n) is 13.1. The smallest absolute Gasteiger partial charge is 0.306 e. The van der Waals surface area contributed by atoms with Crippen molar-refractivity contribution in [2.75, 3.05) is 47.5 Å². The quantitative estimate of drug-likeness (QED) is 0.0238. The van der Waals surface area contributed by atoms with Crippen LogP contribution in [0.25, 0.3) is 0 Å². The number of rotatable bonds is 32. The van der Waals surface area contributed by atoms with Gasteiger partial charge in [-0.25, -0.2) is 0 Å². The summed E-state index contributed by atoms with van der Waals surface area (Å²) in [5.41, 5.74) is 0. The van der Waals surface area contributed by atoms with Gasteiger partial charge in [0, 0.05) is 12.8 Å². The second-order valence-corrected chi connectivity index (χ2v) is 13.1. The molecule has 0 aliphatic heterocycles. The lowest BCUT2D eigenvalue weighted by Gasteiger charge is -2.26. The largest absolute Gasteiger partial charge is 0.545 e. The highest BCUT2D eigenvalue weighted by molar-refractivity contribution is 5.70. The Bertz CT molecular complexity index is 993. The van der Waals surface area contributed by atoms with E-state index >= 15 is 0 Å². The molecule has 280 valence electrons. The molecular weight excluding hydrogens is 622 g/mol. The number of quaternary nitrogens is 1. The minimum Gasteiger partial charge on any atom is -0.545 e. The van der Waals surface area contributed by atoms with Crippen LogP contribution in [0.3, 0.4) is 0 Å². The van der Waals surface area contributed by atoms with E-state index in [1.165, 1.54) is 0 Å². The normalized spacial score (nSPS) is 13.7. The van der Waals surface area contributed by atoms with Crippen molar-refractivity contribution < 1.29 is 42.9 Å². The van der Waals surface area contributed by atoms with Crippen LogP contribution in [0.2, 0.25) is 0 Å². The molecule has 2 atom stereocenters. The average Bonchev–Trinajstić information content (AvgIpc) is 3.05. The van der Waals surface area contributed by atoms with E-state index in [0.717, 1.165) is 83.5 Å². The van der Waals surface area contributed by atoms with Gasteiger partial charge in [-0.2, -0.15) is 0 Å². The number of carbonyl (C=O) groups excluding carboxylic acids is 3. The first-order valence-corrected chi connectivity index (χ1v) is 18.4. The third-order valence-corrected chi connectivity index (χ3v) is 7.28. The van der Waals surface area contributed by atoms with Gasteiger partial charge in [0.15, 0.2) is 12.4 Å². The summed E-state index contributed by atoms with van der Waals surface area (Å²) in [4.78, 5) is 36.4. The molecule has 0 saturated heterocycles. The Morgan fingerprint density at radius 1 is 0.633 bits per heavy atom. The third kappa shape index (κ3) is 33.3. The number of carboxylic acid groups (broad SMARTS) is 1. The maximum Gasteiger partial charge on any atom is 0.306 e. The maximum absolute atomic E-state index is 12.6. The molecule has 0 heterocycles. The monoisotopic (exact) mass is 689 g/mol. The minimum absolute atomic E-state index is 0.138. The summed E-state index contributed by atoms with van der Waals surface area (Å²) in [6, 6.07) is 0. The van der Waals surface area contributed by atoms with E-state index in [2.05, 4.69) is 74.6 Å². The molecule has 0 spiro atoms. The van der Waals surface area contributed by atoms with E-state index in [0.29, 0.717) is 17.4 Å². The summed E-state index contributed by atoms with van der Waals surface area (Å²) in [7, 11) is 5.87. The summed E-state index contributed by atoms with van der Waals surface area (Å²) < 4.78 is 22.2. The first-order chi connectivity index (χ1) is 23.6. The van der Waals surface area contributed by atoms with Crippen molar-refractivity contribution in [3.8, 4) is 0 Å². The zero-order chi connectivity index (χ0) is 36.4. The third-order valence-electron chi connectivity index (χ3n) is 7.28. The summed E-state index contributed by atoms with van der Waals surface area (Å²) in [6.45, 7) is 4.44. The van der Waals surface area contributed by atoms with E-state index in [1.807, 2.05) is 21.1 Å². The van der Waals surface area contributed by atoms with Crippen molar-refractivity contribution in [2.45, 2.75) is 129 Å². The molecule has 0 radical (unpaired) electrons. The molecule has 0 rings (SSSR count). The molecular formula is C40H67NO8. The van der Waals surface area contributed by atoms with Crippen molar-refractivity contribution in [1.29, 1.82) is 0 Å². The number of carbonyl (C=O) groups is 3. The van der Waals surface area contributed by atoms with Gasteiger partial charge in [0.05, 0.1) is 40.3 Å². The fourth-order valence-corrected chi connectivity index (χ4v) is 4.38. The van der Waals surface area contributed by atoms with Crippen LogP contribution in [0.1, 0.15) is 117 Å². The zero-order valence-corrected chi connectivity index (χ0v) is 31.3. The van der Waals surface area contributed by atoms with Gasteiger partial charge < -0.3 is 33.3 Å². The number of hydrogen-bond donors (Lipinski definition) is 0. The lowest BCUT2D eigenvalue weighted by Crippen LogP contribution is -2.44. The SMILES string of the molecule is CC/C=C\C/C=C\C/C=C\C/C=C\C/C=C\CCCCCC(=O)OC(COC(=O)CCCCCCC)COC(OCC[N+](C)(C)C)C(=O)[O-]. The first-order valence-electron chi connectivity index (χ1n) is 18.4. The van der Waals surface area contributed by atoms with E-state index in [4.69, 9.17) is 18.9 Å². The van der Waals surface area contributed by atoms with Crippen LogP contribution in [-0.2, 0) is 33.3 Å². The zero-order valence-electron chi connectivity index (χ0n) is 31.3. The fraction of sp³-hybridized carbons (Fsp3) is 0.675. The van der Waals surface area contributed by atoms with Gasteiger partial charge in [-0.15, -0.1) is 0 Å². The van der Waals surface area contributed by atoms with Crippen molar-refractivity contribution in [3.63, 3.8) is 0 Å². The number of carboxylic acids is 1. The van der Waals surface area contributed by atoms with Crippen molar-refractivity contribution in [1.82, 2.24) is 0 Å². The lowest BCUT2D eigenvalue weighted by molar-refractivity contribution is -0.870. The van der Waals surface area contributed by atoms with Crippen LogP contribution < -0.4 is 5.11 Å². The second kappa shape index (κ2) is 32.2. The Hall–Kier alpha value is -3.01. The highest BCUT2D eigenvalue weighted by Crippen LogP contribution is 2.10. The standard InChI is InChI=1S/C40H67NO8/c1-6-8-10-12-13-14-15-16-17-18-19-20-21-22-23-24-25-27-29-31-38(43)49-36(34-47-37(42)30-28-26-11-9-7-2)35-48-40(39(44)45)46-33-32-41(3,4)5/h8,10,13-14,16-17,19-20,22-23,36,40H,6-7,9,11-12,15,18,21,24-35H2,1-5H3/b10-8-,14-13-,17-16-,20-19-,23-22-. The molecule has 0 aromatic carbocycles. The first kappa shape index (κ1) is 46.0. The molecule has 9 heteroatoms. The van der Waals surface area contributed by atoms with Crippen LogP contribution >= 0.6 is 0 Å². The van der Waals surface area contributed by atoms with Crippen molar-refractivity contribution in [3.05, 3.63) is 60.8 Å². The maximum atomic E-state index is 12.6. The van der Waals surface area contributed by atoms with E-state index in [-0.39, 0.29) is 38.6 Å².